The van der Waals surface area contributed by atoms with Crippen LogP contribution in [0, 0.1) is 0 Å². The van der Waals surface area contributed by atoms with E-state index >= 15 is 0 Å². The van der Waals surface area contributed by atoms with Crippen LogP contribution in [0.5, 0.6) is 0 Å². The predicted octanol–water partition coefficient (Wildman–Crippen LogP) is 3.20. The van der Waals surface area contributed by atoms with Crippen molar-refractivity contribution >= 4 is 5.91 Å². The van der Waals surface area contributed by atoms with Gasteiger partial charge in [0.15, 0.2) is 0 Å². The van der Waals surface area contributed by atoms with Gasteiger partial charge in [-0.25, -0.2) is 0 Å². The molecule has 0 heterocycles. The van der Waals surface area contributed by atoms with Crippen molar-refractivity contribution in [2.45, 2.75) is 52.6 Å². The van der Waals surface area contributed by atoms with Crippen molar-refractivity contribution in [2.75, 3.05) is 13.1 Å². The maximum absolute atomic E-state index is 12.3. The van der Waals surface area contributed by atoms with Crippen molar-refractivity contribution in [1.29, 1.82) is 0 Å². The first-order chi connectivity index (χ1) is 9.42. The maximum Gasteiger partial charge on any atom is 0.224 e. The molecule has 112 valence electrons. The molecule has 0 saturated carbocycles. The van der Waals surface area contributed by atoms with Gasteiger partial charge in [-0.05, 0) is 32.8 Å². The number of carbonyl (C=O) groups is 1. The molecule has 1 amide bonds. The SMILES string of the molecule is CCCN(Cc1ccccc1)C(=O)CCNC(C)(C)C. The second-order valence-electron chi connectivity index (χ2n) is 6.23. The average Bonchev–Trinajstić information content (AvgIpc) is 2.38. The Morgan fingerprint density at radius 3 is 2.40 bits per heavy atom. The normalized spacial score (nSPS) is 11.4. The van der Waals surface area contributed by atoms with Crippen molar-refractivity contribution in [1.82, 2.24) is 10.2 Å². The minimum absolute atomic E-state index is 0.0648. The molecular weight excluding hydrogens is 248 g/mol. The van der Waals surface area contributed by atoms with Crippen molar-refractivity contribution in [3.63, 3.8) is 0 Å². The van der Waals surface area contributed by atoms with E-state index in [9.17, 15) is 4.79 Å². The minimum Gasteiger partial charge on any atom is -0.338 e. The molecule has 1 aromatic rings. The van der Waals surface area contributed by atoms with Crippen LogP contribution in [0.25, 0.3) is 0 Å². The average molecular weight is 276 g/mol. The van der Waals surface area contributed by atoms with Gasteiger partial charge in [0.1, 0.15) is 0 Å². The van der Waals surface area contributed by atoms with E-state index in [4.69, 9.17) is 0 Å². The molecule has 0 fully saturated rings. The Morgan fingerprint density at radius 2 is 1.85 bits per heavy atom. The number of nitrogens with one attached hydrogen (secondary N) is 1. The summed E-state index contributed by atoms with van der Waals surface area (Å²) in [6, 6.07) is 10.2. The van der Waals surface area contributed by atoms with E-state index < -0.39 is 0 Å². The first-order valence-electron chi connectivity index (χ1n) is 7.49. The zero-order valence-electron chi connectivity index (χ0n) is 13.3. The van der Waals surface area contributed by atoms with Crippen LogP contribution in [0.15, 0.2) is 30.3 Å². The van der Waals surface area contributed by atoms with Crippen LogP contribution >= 0.6 is 0 Å². The number of nitrogens with zero attached hydrogens (tertiary/aromatic N) is 1. The third-order valence-electron chi connectivity index (χ3n) is 3.06. The highest BCUT2D eigenvalue weighted by Crippen LogP contribution is 2.07. The summed E-state index contributed by atoms with van der Waals surface area (Å²) < 4.78 is 0. The quantitative estimate of drug-likeness (QED) is 0.829. The molecule has 0 atom stereocenters. The lowest BCUT2D eigenvalue weighted by Gasteiger charge is -2.24. The zero-order chi connectivity index (χ0) is 15.0. The van der Waals surface area contributed by atoms with Crippen LogP contribution < -0.4 is 5.32 Å². The smallest absolute Gasteiger partial charge is 0.224 e. The molecule has 0 radical (unpaired) electrons. The summed E-state index contributed by atoms with van der Waals surface area (Å²) in [6.45, 7) is 10.7. The number of amides is 1. The Kier molecular flexibility index (Phi) is 6.73. The first-order valence-corrected chi connectivity index (χ1v) is 7.49. The van der Waals surface area contributed by atoms with Gasteiger partial charge in [0, 0.05) is 31.6 Å². The molecule has 1 aromatic carbocycles. The summed E-state index contributed by atoms with van der Waals surface area (Å²) in [5.41, 5.74) is 1.26. The van der Waals surface area contributed by atoms with Crippen LogP contribution in [0.1, 0.15) is 46.1 Å². The highest BCUT2D eigenvalue weighted by Gasteiger charge is 2.14. The van der Waals surface area contributed by atoms with Gasteiger partial charge in [-0.3, -0.25) is 4.79 Å². The number of hydrogen-bond donors (Lipinski definition) is 1. The fourth-order valence-electron chi connectivity index (χ4n) is 2.07. The van der Waals surface area contributed by atoms with Crippen molar-refractivity contribution < 1.29 is 4.79 Å². The van der Waals surface area contributed by atoms with E-state index in [1.54, 1.807) is 0 Å². The lowest BCUT2D eigenvalue weighted by molar-refractivity contribution is -0.131. The number of hydrogen-bond acceptors (Lipinski definition) is 2. The molecule has 0 aromatic heterocycles. The van der Waals surface area contributed by atoms with Crippen LogP contribution in [-0.4, -0.2) is 29.4 Å². The van der Waals surface area contributed by atoms with Gasteiger partial charge in [0.25, 0.3) is 0 Å². The summed E-state index contributed by atoms with van der Waals surface area (Å²) >= 11 is 0. The van der Waals surface area contributed by atoms with Crippen molar-refractivity contribution in [3.8, 4) is 0 Å². The van der Waals surface area contributed by atoms with E-state index in [1.165, 1.54) is 5.56 Å². The third kappa shape index (κ3) is 6.71. The summed E-state index contributed by atoms with van der Waals surface area (Å²) in [4.78, 5) is 14.3. The molecule has 0 aliphatic heterocycles. The molecule has 20 heavy (non-hydrogen) atoms. The highest BCUT2D eigenvalue weighted by molar-refractivity contribution is 5.76. The third-order valence-corrected chi connectivity index (χ3v) is 3.06. The van der Waals surface area contributed by atoms with Gasteiger partial charge in [0.2, 0.25) is 5.91 Å². The number of rotatable bonds is 7. The lowest BCUT2D eigenvalue weighted by atomic mass is 10.1. The van der Waals surface area contributed by atoms with Gasteiger partial charge in [-0.15, -0.1) is 0 Å². The zero-order valence-corrected chi connectivity index (χ0v) is 13.3. The second-order valence-corrected chi connectivity index (χ2v) is 6.23. The standard InChI is InChI=1S/C17H28N2O/c1-5-13-19(14-15-9-7-6-8-10-15)16(20)11-12-18-17(2,3)4/h6-10,18H,5,11-14H2,1-4H3. The molecular formula is C17H28N2O. The summed E-state index contributed by atoms with van der Waals surface area (Å²) in [5, 5.41) is 3.37. The molecule has 0 unspecified atom stereocenters. The van der Waals surface area contributed by atoms with Crippen LogP contribution in [0.3, 0.4) is 0 Å². The molecule has 1 N–H and O–H groups in total. The van der Waals surface area contributed by atoms with Crippen LogP contribution in [0.2, 0.25) is 0 Å². The monoisotopic (exact) mass is 276 g/mol. The van der Waals surface area contributed by atoms with E-state index in [0.717, 1.165) is 19.5 Å². The Labute approximate surface area is 123 Å². The molecule has 0 spiro atoms. The van der Waals surface area contributed by atoms with E-state index in [0.29, 0.717) is 13.0 Å². The fourth-order valence-corrected chi connectivity index (χ4v) is 2.07. The largest absolute Gasteiger partial charge is 0.338 e. The molecule has 0 saturated heterocycles. The molecule has 3 heteroatoms. The summed E-state index contributed by atoms with van der Waals surface area (Å²) in [6.07, 6.45) is 1.55. The molecule has 1 rings (SSSR count). The van der Waals surface area contributed by atoms with Gasteiger partial charge in [0.05, 0.1) is 0 Å². The van der Waals surface area contributed by atoms with Crippen molar-refractivity contribution in [2.24, 2.45) is 0 Å². The molecule has 0 aliphatic rings. The minimum atomic E-state index is 0.0648. The molecule has 3 nitrogen and oxygen atoms in total. The topological polar surface area (TPSA) is 32.3 Å². The number of carbonyl (C=O) groups excluding carboxylic acids is 1. The van der Waals surface area contributed by atoms with Gasteiger partial charge < -0.3 is 10.2 Å². The highest BCUT2D eigenvalue weighted by atomic mass is 16.2. The maximum atomic E-state index is 12.3. The van der Waals surface area contributed by atoms with Gasteiger partial charge >= 0.3 is 0 Å². The Balaban J connectivity index is 2.50. The lowest BCUT2D eigenvalue weighted by Crippen LogP contribution is -2.39. The first kappa shape index (κ1) is 16.7. The van der Waals surface area contributed by atoms with Gasteiger partial charge in [-0.1, -0.05) is 37.3 Å². The summed E-state index contributed by atoms with van der Waals surface area (Å²) in [7, 11) is 0. The Hall–Kier alpha value is -1.35. The van der Waals surface area contributed by atoms with E-state index in [-0.39, 0.29) is 11.4 Å². The predicted molar refractivity (Wildman–Crippen MR) is 84.5 cm³/mol. The number of benzene rings is 1. The van der Waals surface area contributed by atoms with E-state index in [1.807, 2.05) is 23.1 Å². The van der Waals surface area contributed by atoms with Crippen molar-refractivity contribution in [3.05, 3.63) is 35.9 Å². The Morgan fingerprint density at radius 1 is 1.20 bits per heavy atom. The van der Waals surface area contributed by atoms with Gasteiger partial charge in [-0.2, -0.15) is 0 Å². The van der Waals surface area contributed by atoms with Crippen LogP contribution in [-0.2, 0) is 11.3 Å². The fraction of sp³-hybridized carbons (Fsp3) is 0.588. The molecule has 0 aliphatic carbocycles. The summed E-state index contributed by atoms with van der Waals surface area (Å²) in [5.74, 6) is 0.229. The Bertz CT molecular complexity index is 395. The van der Waals surface area contributed by atoms with Crippen LogP contribution in [0.4, 0.5) is 0 Å². The van der Waals surface area contributed by atoms with E-state index in [2.05, 4.69) is 45.1 Å². The second kappa shape index (κ2) is 8.05. The molecule has 0 bridgehead atoms.